The normalized spacial score (nSPS) is 20.0. The molecule has 0 atom stereocenters. The summed E-state index contributed by atoms with van der Waals surface area (Å²) in [4.78, 5) is 7.44. The number of thioether (sulfide) groups is 1. The van der Waals surface area contributed by atoms with Gasteiger partial charge < -0.3 is 4.90 Å². The Hall–Kier alpha value is -0.650. The average Bonchev–Trinajstić information content (AvgIpc) is 3.06. The van der Waals surface area contributed by atoms with E-state index in [4.69, 9.17) is 17.2 Å². The molecule has 0 amide bonds. The van der Waals surface area contributed by atoms with E-state index < -0.39 is 0 Å². The second kappa shape index (κ2) is 8.36. The summed E-state index contributed by atoms with van der Waals surface area (Å²) in [6.45, 7) is 0. The van der Waals surface area contributed by atoms with Gasteiger partial charge in [-0.3, -0.25) is 0 Å². The molecule has 2 saturated carbocycles. The molecule has 5 heteroatoms. The molecule has 2 aliphatic carbocycles. The molecule has 2 fully saturated rings. The summed E-state index contributed by atoms with van der Waals surface area (Å²) in [7, 11) is 0. The monoisotopic (exact) mass is 390 g/mol. The minimum Gasteiger partial charge on any atom is -0.351 e. The number of hydrogen-bond donors (Lipinski definition) is 0. The second-order valence-electron chi connectivity index (χ2n) is 7.31. The number of thiazole rings is 1. The lowest BCUT2D eigenvalue weighted by Crippen LogP contribution is -2.47. The minimum atomic E-state index is 0.659. The van der Waals surface area contributed by atoms with Crippen LogP contribution in [0.3, 0.4) is 0 Å². The third-order valence-corrected chi connectivity index (χ3v) is 8.04. The fourth-order valence-electron chi connectivity index (χ4n) is 4.34. The fourth-order valence-corrected chi connectivity index (χ4v) is 7.10. The summed E-state index contributed by atoms with van der Waals surface area (Å²) in [5.74, 6) is 0. The molecule has 1 aromatic carbocycles. The number of benzene rings is 1. The van der Waals surface area contributed by atoms with Crippen molar-refractivity contribution in [2.24, 2.45) is 0 Å². The molecule has 4 rings (SSSR count). The minimum absolute atomic E-state index is 0.659. The van der Waals surface area contributed by atoms with E-state index in [1.165, 1.54) is 68.9 Å². The first-order valence-electron chi connectivity index (χ1n) is 9.67. The van der Waals surface area contributed by atoms with Crippen molar-refractivity contribution in [2.75, 3.05) is 0 Å². The maximum absolute atomic E-state index is 5.98. The largest absolute Gasteiger partial charge is 0.351 e. The third-order valence-electron chi connectivity index (χ3n) is 5.60. The second-order valence-corrected chi connectivity index (χ2v) is 10.2. The highest BCUT2D eigenvalue weighted by Crippen LogP contribution is 2.36. The van der Waals surface area contributed by atoms with Crippen LogP contribution < -0.4 is 0 Å². The zero-order valence-electron chi connectivity index (χ0n) is 14.7. The predicted molar refractivity (Wildman–Crippen MR) is 114 cm³/mol. The van der Waals surface area contributed by atoms with E-state index in [1.807, 2.05) is 0 Å². The molecule has 25 heavy (non-hydrogen) atoms. The molecule has 0 unspecified atom stereocenters. The van der Waals surface area contributed by atoms with E-state index in [1.54, 1.807) is 23.1 Å². The Morgan fingerprint density at radius 1 is 0.960 bits per heavy atom. The number of para-hydroxylation sites is 1. The van der Waals surface area contributed by atoms with Crippen LogP contribution in [0.25, 0.3) is 10.2 Å². The Morgan fingerprint density at radius 3 is 2.16 bits per heavy atom. The number of hydrogen-bond acceptors (Lipinski definition) is 4. The van der Waals surface area contributed by atoms with Crippen LogP contribution in [0.15, 0.2) is 28.6 Å². The highest BCUT2D eigenvalue weighted by Gasteiger charge is 2.31. The van der Waals surface area contributed by atoms with Crippen LogP contribution in [0.5, 0.6) is 0 Å². The number of thiocarbonyl (C=S) groups is 1. The highest BCUT2D eigenvalue weighted by molar-refractivity contribution is 8.23. The molecule has 0 saturated heterocycles. The van der Waals surface area contributed by atoms with Gasteiger partial charge in [-0.1, -0.05) is 62.9 Å². The maximum Gasteiger partial charge on any atom is 0.158 e. The van der Waals surface area contributed by atoms with Crippen LogP contribution in [0, 0.1) is 0 Å². The maximum atomic E-state index is 5.98. The summed E-state index contributed by atoms with van der Waals surface area (Å²) in [6, 6.07) is 9.71. The van der Waals surface area contributed by atoms with Gasteiger partial charge in [0.2, 0.25) is 0 Å². The zero-order chi connectivity index (χ0) is 17.1. The number of rotatable bonds is 3. The average molecular weight is 391 g/mol. The van der Waals surface area contributed by atoms with Gasteiger partial charge in [-0.25, -0.2) is 4.98 Å². The zero-order valence-corrected chi connectivity index (χ0v) is 17.1. The first-order valence-corrected chi connectivity index (χ1v) is 11.7. The summed E-state index contributed by atoms with van der Waals surface area (Å²) < 4.78 is 3.43. The summed E-state index contributed by atoms with van der Waals surface area (Å²) in [5.41, 5.74) is 1.10. The van der Waals surface area contributed by atoms with Crippen molar-refractivity contribution in [3.63, 3.8) is 0 Å². The molecule has 1 aromatic heterocycles. The van der Waals surface area contributed by atoms with Crippen molar-refractivity contribution in [1.29, 1.82) is 0 Å². The SMILES string of the molecule is S=C(Sc1nc2ccccc2s1)N(C1CCCCC1)C1CCCCC1. The Morgan fingerprint density at radius 2 is 1.56 bits per heavy atom. The van der Waals surface area contributed by atoms with E-state index in [0.29, 0.717) is 12.1 Å². The summed E-state index contributed by atoms with van der Waals surface area (Å²) in [6.07, 6.45) is 13.5. The van der Waals surface area contributed by atoms with Crippen LogP contribution in [0.4, 0.5) is 0 Å². The molecular weight excluding hydrogens is 364 g/mol. The topological polar surface area (TPSA) is 16.1 Å². The van der Waals surface area contributed by atoms with E-state index in [-0.39, 0.29) is 0 Å². The van der Waals surface area contributed by atoms with Crippen LogP contribution in [-0.2, 0) is 0 Å². The first-order chi connectivity index (χ1) is 12.3. The summed E-state index contributed by atoms with van der Waals surface area (Å²) in [5, 5.41) is 0. The fraction of sp³-hybridized carbons (Fsp3) is 0.600. The van der Waals surface area contributed by atoms with Gasteiger partial charge in [0, 0.05) is 12.1 Å². The van der Waals surface area contributed by atoms with Gasteiger partial charge in [0.05, 0.1) is 10.2 Å². The molecule has 2 aromatic rings. The molecular formula is C20H26N2S3. The Balaban J connectivity index is 1.53. The number of fused-ring (bicyclic) bond motifs is 1. The standard InChI is InChI=1S/C20H26N2S3/c23-20(25-19-21-17-13-7-8-14-18(17)24-19)22(15-9-3-1-4-10-15)16-11-5-2-6-12-16/h7-8,13-16H,1-6,9-12H2. The molecule has 134 valence electrons. The van der Waals surface area contributed by atoms with Gasteiger partial charge in [-0.05, 0) is 49.6 Å². The smallest absolute Gasteiger partial charge is 0.158 e. The number of aromatic nitrogens is 1. The van der Waals surface area contributed by atoms with Crippen LogP contribution in [-0.4, -0.2) is 26.3 Å². The van der Waals surface area contributed by atoms with Crippen molar-refractivity contribution < 1.29 is 0 Å². The molecule has 0 N–H and O–H groups in total. The lowest BCUT2D eigenvalue weighted by molar-refractivity contribution is 0.164. The van der Waals surface area contributed by atoms with Gasteiger partial charge in [-0.2, -0.15) is 0 Å². The van der Waals surface area contributed by atoms with E-state index >= 15 is 0 Å². The van der Waals surface area contributed by atoms with E-state index in [0.717, 1.165) is 14.2 Å². The van der Waals surface area contributed by atoms with E-state index in [2.05, 4.69) is 29.2 Å². The molecule has 0 radical (unpaired) electrons. The highest BCUT2D eigenvalue weighted by atomic mass is 32.2. The Labute approximate surface area is 164 Å². The molecule has 2 nitrogen and oxygen atoms in total. The van der Waals surface area contributed by atoms with Gasteiger partial charge in [0.1, 0.15) is 4.32 Å². The van der Waals surface area contributed by atoms with Crippen molar-refractivity contribution in [1.82, 2.24) is 9.88 Å². The third kappa shape index (κ3) is 4.20. The lowest BCUT2D eigenvalue weighted by atomic mass is 9.89. The van der Waals surface area contributed by atoms with E-state index in [9.17, 15) is 0 Å². The van der Waals surface area contributed by atoms with Gasteiger partial charge in [-0.15, -0.1) is 11.3 Å². The predicted octanol–water partition coefficient (Wildman–Crippen LogP) is 6.64. The molecule has 2 aliphatic rings. The van der Waals surface area contributed by atoms with Crippen LogP contribution in [0.2, 0.25) is 0 Å². The molecule has 0 aliphatic heterocycles. The van der Waals surface area contributed by atoms with Crippen molar-refractivity contribution >= 4 is 49.9 Å². The van der Waals surface area contributed by atoms with Crippen LogP contribution in [0.1, 0.15) is 64.2 Å². The van der Waals surface area contributed by atoms with Crippen molar-refractivity contribution in [3.8, 4) is 0 Å². The number of nitrogens with zero attached hydrogens (tertiary/aromatic N) is 2. The Kier molecular flexibility index (Phi) is 5.94. The molecule has 1 heterocycles. The van der Waals surface area contributed by atoms with Crippen molar-refractivity contribution in [2.45, 2.75) is 80.6 Å². The van der Waals surface area contributed by atoms with Gasteiger partial charge >= 0.3 is 0 Å². The van der Waals surface area contributed by atoms with Crippen molar-refractivity contribution in [3.05, 3.63) is 24.3 Å². The lowest BCUT2D eigenvalue weighted by Gasteiger charge is -2.43. The summed E-state index contributed by atoms with van der Waals surface area (Å²) >= 11 is 9.48. The van der Waals surface area contributed by atoms with Gasteiger partial charge in [0.15, 0.2) is 4.34 Å². The Bertz CT molecular complexity index is 664. The van der Waals surface area contributed by atoms with Crippen LogP contribution >= 0.6 is 35.3 Å². The van der Waals surface area contributed by atoms with Gasteiger partial charge in [0.25, 0.3) is 0 Å². The molecule has 0 spiro atoms. The first kappa shape index (κ1) is 17.7. The quantitative estimate of drug-likeness (QED) is 0.431. The molecule has 0 bridgehead atoms.